The molecule has 8 aromatic carbocycles. The predicted molar refractivity (Wildman–Crippen MR) is 391 cm³/mol. The summed E-state index contributed by atoms with van der Waals surface area (Å²) in [5.41, 5.74) is 26.2. The zero-order valence-corrected chi connectivity index (χ0v) is 56.7. The first kappa shape index (κ1) is 76.4. The van der Waals surface area contributed by atoms with Crippen LogP contribution in [0.15, 0.2) is 194 Å². The Morgan fingerprint density at radius 1 is 0.564 bits per heavy atom. The van der Waals surface area contributed by atoms with Crippen LogP contribution in [0.1, 0.15) is 84.6 Å². The van der Waals surface area contributed by atoms with E-state index >= 15 is 0 Å². The second-order valence-corrected chi connectivity index (χ2v) is 22.8. The molecule has 16 nitrogen and oxygen atoms in total. The molecule has 486 valence electrons. The third kappa shape index (κ3) is 27.4. The fraction of sp³-hybridized carbons (Fsp3) is 0.263. The van der Waals surface area contributed by atoms with Gasteiger partial charge in [-0.15, -0.1) is 0 Å². The third-order valence-corrected chi connectivity index (χ3v) is 15.3. The van der Waals surface area contributed by atoms with Crippen LogP contribution in [0.3, 0.4) is 0 Å². The lowest BCUT2D eigenvalue weighted by Gasteiger charge is -2.27. The molecule has 8 aromatic rings. The second-order valence-electron chi connectivity index (χ2n) is 21.2. The maximum Gasteiger partial charge on any atom is 0.330 e. The topological polar surface area (TPSA) is 235 Å². The van der Waals surface area contributed by atoms with Crippen molar-refractivity contribution < 1.29 is 29.0 Å². The van der Waals surface area contributed by atoms with E-state index < -0.39 is 24.0 Å². The minimum absolute atomic E-state index is 0.259. The van der Waals surface area contributed by atoms with Crippen LogP contribution in [0, 0.1) is 31.0 Å². The fourth-order valence-corrected chi connectivity index (χ4v) is 9.89. The molecule has 9 N–H and O–H groups in total. The number of nitrogens with zero attached hydrogens (tertiary/aromatic N) is 4. The molecule has 4 unspecified atom stereocenters. The van der Waals surface area contributed by atoms with E-state index in [0.717, 1.165) is 104 Å². The van der Waals surface area contributed by atoms with Gasteiger partial charge in [-0.05, 0) is 144 Å². The van der Waals surface area contributed by atoms with Crippen molar-refractivity contribution in [3.63, 3.8) is 0 Å². The van der Waals surface area contributed by atoms with Crippen LogP contribution in [0.5, 0.6) is 0 Å². The van der Waals surface area contributed by atoms with Gasteiger partial charge in [0.1, 0.15) is 18.4 Å². The number of nitrogens with one attached hydrogen (secondary N) is 4. The number of aliphatic carboxylic acids is 1. The number of alkyl halides is 2. The highest BCUT2D eigenvalue weighted by Gasteiger charge is 2.30. The van der Waals surface area contributed by atoms with Gasteiger partial charge in [-0.1, -0.05) is 192 Å². The molecule has 0 saturated carbocycles. The van der Waals surface area contributed by atoms with E-state index in [-0.39, 0.29) is 24.6 Å². The van der Waals surface area contributed by atoms with Crippen LogP contribution in [0.25, 0.3) is 59.0 Å². The number of ether oxygens (including phenoxy) is 1. The predicted octanol–water partition coefficient (Wildman–Crippen LogP) is 18.1. The van der Waals surface area contributed by atoms with Gasteiger partial charge >= 0.3 is 11.9 Å². The van der Waals surface area contributed by atoms with Crippen LogP contribution >= 0.6 is 31.9 Å². The fourth-order valence-electron chi connectivity index (χ4n) is 9.17. The van der Waals surface area contributed by atoms with Gasteiger partial charge in [0.2, 0.25) is 5.91 Å². The molecule has 0 aliphatic carbocycles. The van der Waals surface area contributed by atoms with Crippen molar-refractivity contribution in [2.75, 3.05) is 45.5 Å². The van der Waals surface area contributed by atoms with Crippen molar-refractivity contribution in [1.29, 1.82) is 5.26 Å². The number of nitriles is 1. The first-order valence-corrected chi connectivity index (χ1v) is 33.2. The summed E-state index contributed by atoms with van der Waals surface area (Å²) in [7, 11) is 0. The first-order chi connectivity index (χ1) is 45.6. The molecule has 0 bridgehead atoms. The molecule has 0 saturated heterocycles. The molecular weight excluding hydrogens is 1310 g/mol. The molecule has 94 heavy (non-hydrogen) atoms. The van der Waals surface area contributed by atoms with Crippen LogP contribution in [0.2, 0.25) is 0 Å². The smallest absolute Gasteiger partial charge is 0.330 e. The zero-order chi connectivity index (χ0) is 68.5. The Labute approximate surface area is 570 Å². The van der Waals surface area contributed by atoms with Crippen LogP contribution in [0.4, 0.5) is 39.8 Å². The lowest BCUT2D eigenvalue weighted by Crippen LogP contribution is -2.51. The minimum atomic E-state index is -1.00. The maximum atomic E-state index is 12.4. The van der Waals surface area contributed by atoms with Crippen LogP contribution < -0.4 is 32.7 Å². The standard InChI is InChI=1S/C23H27N3O3.C19H21N3O2.C17H17BrN2.C13H10N2.C4H7BrO/c1-5-7-21(22(25-16(3)27)23(28)29-6-2)26-20-14-10-18(11-15-20)17-8-12-19(24-4)13-9-17;1-3-4-17(18(20)19(23)24)22-16-11-7-14(8-12-16)13-5-9-15(21-2)10-6-13;1-19-16-8-4-14(5-9-16)15-6-10-17(11-7-15)20-13-3-2-12-18;14-9-10-1-3-11(4-2-10)12-5-7-13(15)8-6-12;5-3-1-2-4-6/h8-15,21-22,26H,5-7H2,1-3H3,(H,25,27);5-12,17-18,22H,3-4,20H2,1H3,(H,23,24);4-11,20H,2-3,12-13H2;1-8H,15H2;4H,1-3H2. The number of carbonyl (C=O) groups is 4. The number of carboxylic acids is 1. The normalized spacial score (nSPS) is 11.3. The van der Waals surface area contributed by atoms with Crippen LogP contribution in [-0.2, 0) is 23.9 Å². The summed E-state index contributed by atoms with van der Waals surface area (Å²) in [6.07, 6.45) is 8.03. The zero-order valence-electron chi connectivity index (χ0n) is 53.5. The van der Waals surface area contributed by atoms with Crippen molar-refractivity contribution in [2.24, 2.45) is 5.73 Å². The van der Waals surface area contributed by atoms with Crippen molar-refractivity contribution in [3.05, 3.63) is 234 Å². The average molecular weight is 1390 g/mol. The Morgan fingerprint density at radius 2 is 0.926 bits per heavy atom. The number of nitrogen functional groups attached to an aromatic ring is 1. The summed E-state index contributed by atoms with van der Waals surface area (Å²) < 4.78 is 5.15. The Bertz CT molecular complexity index is 3720. The number of hydrogen-bond donors (Lipinski definition) is 7. The molecule has 4 atom stereocenters. The monoisotopic (exact) mass is 1390 g/mol. The van der Waals surface area contributed by atoms with Gasteiger partial charge in [0.25, 0.3) is 0 Å². The van der Waals surface area contributed by atoms with E-state index in [2.05, 4.69) is 98.0 Å². The number of halogens is 2. The molecule has 18 heteroatoms. The van der Waals surface area contributed by atoms with Crippen molar-refractivity contribution >= 4 is 95.8 Å². The van der Waals surface area contributed by atoms with E-state index in [1.54, 1.807) is 31.2 Å². The second kappa shape index (κ2) is 43.6. The summed E-state index contributed by atoms with van der Waals surface area (Å²) in [5, 5.41) is 32.5. The van der Waals surface area contributed by atoms with E-state index in [1.807, 2.05) is 159 Å². The number of rotatable bonds is 26. The number of esters is 1. The van der Waals surface area contributed by atoms with E-state index in [0.29, 0.717) is 41.9 Å². The highest BCUT2D eigenvalue weighted by Crippen LogP contribution is 2.28. The van der Waals surface area contributed by atoms with Gasteiger partial charge in [-0.25, -0.2) is 19.3 Å². The molecule has 0 radical (unpaired) electrons. The lowest BCUT2D eigenvalue weighted by molar-refractivity contribution is -0.147. The minimum Gasteiger partial charge on any atom is -0.480 e. The van der Waals surface area contributed by atoms with Crippen molar-refractivity contribution in [2.45, 2.75) is 103 Å². The summed E-state index contributed by atoms with van der Waals surface area (Å²) in [4.78, 5) is 54.8. The molecule has 0 spiro atoms. The van der Waals surface area contributed by atoms with Gasteiger partial charge in [0.05, 0.1) is 50.0 Å². The summed E-state index contributed by atoms with van der Waals surface area (Å²) in [5.74, 6) is -1.72. The number of nitrogens with two attached hydrogens (primary N) is 2. The van der Waals surface area contributed by atoms with Gasteiger partial charge in [0.15, 0.2) is 17.1 Å². The molecule has 0 fully saturated rings. The molecule has 0 aliphatic heterocycles. The summed E-state index contributed by atoms with van der Waals surface area (Å²) >= 11 is 6.63. The molecule has 8 rings (SSSR count). The number of hydrogen-bond acceptors (Lipinski definition) is 11. The molecule has 0 heterocycles. The maximum absolute atomic E-state index is 12.4. The Balaban J connectivity index is 0.000000264. The van der Waals surface area contributed by atoms with Crippen molar-refractivity contribution in [3.8, 4) is 50.6 Å². The quantitative estimate of drug-likeness (QED) is 0.00670. The number of amides is 1. The number of carboxylic acid groups (broad SMARTS) is 1. The van der Waals surface area contributed by atoms with E-state index in [4.69, 9.17) is 46.3 Å². The molecule has 1 amide bonds. The van der Waals surface area contributed by atoms with E-state index in [1.165, 1.54) is 25.3 Å². The molecule has 0 aromatic heterocycles. The van der Waals surface area contributed by atoms with E-state index in [9.17, 15) is 19.2 Å². The largest absolute Gasteiger partial charge is 0.480 e. The van der Waals surface area contributed by atoms with Crippen molar-refractivity contribution in [1.82, 2.24) is 5.32 Å². The van der Waals surface area contributed by atoms with Crippen LogP contribution in [-0.4, -0.2) is 77.2 Å². The highest BCUT2D eigenvalue weighted by molar-refractivity contribution is 9.09. The van der Waals surface area contributed by atoms with Gasteiger partial charge in [-0.2, -0.15) is 5.26 Å². The number of anilines is 4. The summed E-state index contributed by atoms with van der Waals surface area (Å²) in [6.45, 7) is 29.4. The molecular formula is C76H82Br2N10O6. The Kier molecular flexibility index (Phi) is 35.5. The first-order valence-electron chi connectivity index (χ1n) is 30.9. The molecule has 0 aliphatic rings. The SMILES string of the molecule is N#Cc1ccc(-c2ccc(N)cc2)cc1.O=CCCCBr.[C-]#[N+]c1ccc(-c2ccc(NC(CCC)C(N)C(=O)O)cc2)cc1.[C-]#[N+]c1ccc(-c2ccc(NC(CCC)C(NC(C)=O)C(=O)OCC)cc2)cc1.[C-]#[N+]c1ccc(-c2ccc(NCCCCBr)cc2)cc1. The number of benzene rings is 8. The Hall–Kier alpha value is -10.1. The third-order valence-electron chi connectivity index (χ3n) is 14.2. The van der Waals surface area contributed by atoms with Gasteiger partial charge in [-0.3, -0.25) is 9.59 Å². The number of carbonyl (C=O) groups excluding carboxylic acids is 3. The van der Waals surface area contributed by atoms with Gasteiger partial charge in [0, 0.05) is 53.3 Å². The summed E-state index contributed by atoms with van der Waals surface area (Å²) in [6, 6.07) is 61.5. The Morgan fingerprint density at radius 3 is 1.26 bits per heavy atom. The average Bonchev–Trinajstić information content (AvgIpc) is 1.16. The van der Waals surface area contributed by atoms with Gasteiger partial charge < -0.3 is 47.4 Å². The lowest BCUT2D eigenvalue weighted by atomic mass is 10.0. The highest BCUT2D eigenvalue weighted by atomic mass is 79.9. The number of aldehydes is 1. The number of unbranched alkanes of at least 4 members (excludes halogenated alkanes) is 2.